The fourth-order valence-corrected chi connectivity index (χ4v) is 0.996. The molecule has 0 radical (unpaired) electrons. The van der Waals surface area contributed by atoms with E-state index in [-0.39, 0.29) is 0 Å². The first kappa shape index (κ1) is 8.55. The van der Waals surface area contributed by atoms with Crippen molar-refractivity contribution in [2.45, 2.75) is 12.8 Å². The molecular weight excluding hydrogens is 146 g/mol. The number of hydrogen-bond donors (Lipinski definition) is 0. The van der Waals surface area contributed by atoms with Crippen LogP contribution in [0.4, 0.5) is 0 Å². The Balaban J connectivity index is 2.45. The highest BCUT2D eigenvalue weighted by Crippen LogP contribution is 2.06. The lowest BCUT2D eigenvalue weighted by Crippen LogP contribution is -1.85. The minimum absolute atomic E-state index is 0.652. The molecule has 0 aromatic heterocycles. The highest BCUT2D eigenvalue weighted by atomic mass is 14.2. The van der Waals surface area contributed by atoms with Gasteiger partial charge in [-0.05, 0) is 18.4 Å². The maximum absolute atomic E-state index is 8.46. The summed E-state index contributed by atoms with van der Waals surface area (Å²) in [5.41, 5.74) is 1.91. The van der Waals surface area contributed by atoms with Gasteiger partial charge in [0, 0.05) is 5.57 Å². The van der Waals surface area contributed by atoms with Crippen molar-refractivity contribution in [1.29, 1.82) is 5.26 Å². The first-order valence-corrected chi connectivity index (χ1v) is 3.94. The Bertz CT molecular complexity index is 293. The molecule has 0 N–H and O–H groups in total. The molecule has 0 aliphatic rings. The van der Waals surface area contributed by atoms with Crippen molar-refractivity contribution in [3.05, 3.63) is 48.0 Å². The van der Waals surface area contributed by atoms with Crippen LogP contribution in [0.5, 0.6) is 0 Å². The van der Waals surface area contributed by atoms with Crippen LogP contribution < -0.4 is 0 Å². The fraction of sp³-hybridized carbons (Fsp3) is 0.182. The van der Waals surface area contributed by atoms with Crippen molar-refractivity contribution in [1.82, 2.24) is 0 Å². The third-order valence-corrected chi connectivity index (χ3v) is 1.72. The molecule has 0 aliphatic heterocycles. The second kappa shape index (κ2) is 4.35. The summed E-state index contributed by atoms with van der Waals surface area (Å²) in [6.07, 6.45) is 1.67. The van der Waals surface area contributed by atoms with Crippen LogP contribution in [0.25, 0.3) is 0 Å². The minimum Gasteiger partial charge on any atom is -0.193 e. The monoisotopic (exact) mass is 157 g/mol. The van der Waals surface area contributed by atoms with Gasteiger partial charge in [0.15, 0.2) is 0 Å². The average Bonchev–Trinajstić information content (AvgIpc) is 2.16. The first-order chi connectivity index (χ1) is 5.83. The molecule has 0 saturated heterocycles. The van der Waals surface area contributed by atoms with Gasteiger partial charge in [-0.3, -0.25) is 0 Å². The molecule has 0 amide bonds. The highest BCUT2D eigenvalue weighted by molar-refractivity contribution is 5.20. The molecule has 0 spiro atoms. The van der Waals surface area contributed by atoms with Crippen LogP contribution in [0.2, 0.25) is 0 Å². The maximum Gasteiger partial charge on any atom is 0.0940 e. The van der Waals surface area contributed by atoms with E-state index in [0.29, 0.717) is 5.57 Å². The molecule has 0 aliphatic carbocycles. The predicted octanol–water partition coefficient (Wildman–Crippen LogP) is 2.70. The Morgan fingerprint density at radius 3 is 2.58 bits per heavy atom. The Kier molecular flexibility index (Phi) is 3.10. The predicted molar refractivity (Wildman–Crippen MR) is 49.5 cm³/mol. The van der Waals surface area contributed by atoms with Crippen LogP contribution in [-0.4, -0.2) is 0 Å². The van der Waals surface area contributed by atoms with Crippen molar-refractivity contribution in [2.75, 3.05) is 0 Å². The van der Waals surface area contributed by atoms with E-state index in [9.17, 15) is 0 Å². The molecule has 0 atom stereocenters. The lowest BCUT2D eigenvalue weighted by Gasteiger charge is -1.97. The van der Waals surface area contributed by atoms with Gasteiger partial charge in [-0.1, -0.05) is 36.9 Å². The number of aryl methyl sites for hydroxylation is 1. The zero-order valence-corrected chi connectivity index (χ0v) is 6.96. The SMILES string of the molecule is C=C(C#N)CCc1ccccc1. The Hall–Kier alpha value is -1.55. The summed E-state index contributed by atoms with van der Waals surface area (Å²) in [6.45, 7) is 3.63. The molecule has 1 heteroatoms. The molecule has 0 unspecified atom stereocenters. The van der Waals surface area contributed by atoms with Crippen LogP contribution in [0.15, 0.2) is 42.5 Å². The molecule has 60 valence electrons. The van der Waals surface area contributed by atoms with Gasteiger partial charge in [0.2, 0.25) is 0 Å². The number of benzene rings is 1. The highest BCUT2D eigenvalue weighted by Gasteiger charge is 1.93. The molecule has 0 saturated carbocycles. The first-order valence-electron chi connectivity index (χ1n) is 3.94. The number of allylic oxidation sites excluding steroid dienone is 1. The average molecular weight is 157 g/mol. The van der Waals surface area contributed by atoms with Crippen LogP contribution in [-0.2, 0) is 6.42 Å². The summed E-state index contributed by atoms with van der Waals surface area (Å²) in [4.78, 5) is 0. The van der Waals surface area contributed by atoms with E-state index in [1.54, 1.807) is 0 Å². The van der Waals surface area contributed by atoms with Crippen LogP contribution in [0.3, 0.4) is 0 Å². The van der Waals surface area contributed by atoms with E-state index in [1.165, 1.54) is 5.56 Å². The van der Waals surface area contributed by atoms with Crippen LogP contribution in [0, 0.1) is 11.3 Å². The molecule has 0 fully saturated rings. The summed E-state index contributed by atoms with van der Waals surface area (Å²) >= 11 is 0. The molecule has 1 rings (SSSR count). The summed E-state index contributed by atoms with van der Waals surface area (Å²) in [6, 6.07) is 12.2. The van der Waals surface area contributed by atoms with E-state index in [4.69, 9.17) is 5.26 Å². The van der Waals surface area contributed by atoms with E-state index in [1.807, 2.05) is 24.3 Å². The molecule has 0 bridgehead atoms. The van der Waals surface area contributed by atoms with Gasteiger partial charge in [0.25, 0.3) is 0 Å². The Morgan fingerprint density at radius 1 is 1.33 bits per heavy atom. The van der Waals surface area contributed by atoms with E-state index < -0.39 is 0 Å². The van der Waals surface area contributed by atoms with E-state index in [0.717, 1.165) is 12.8 Å². The fourth-order valence-electron chi connectivity index (χ4n) is 0.996. The van der Waals surface area contributed by atoms with Crippen molar-refractivity contribution < 1.29 is 0 Å². The molecule has 0 heterocycles. The number of hydrogen-bond acceptors (Lipinski definition) is 1. The molecule has 1 aromatic carbocycles. The van der Waals surface area contributed by atoms with Gasteiger partial charge >= 0.3 is 0 Å². The van der Waals surface area contributed by atoms with E-state index in [2.05, 4.69) is 18.7 Å². The molecular formula is C11H11N. The smallest absolute Gasteiger partial charge is 0.0940 e. The summed E-state index contributed by atoms with van der Waals surface area (Å²) in [7, 11) is 0. The minimum atomic E-state index is 0.652. The third kappa shape index (κ3) is 2.59. The lowest BCUT2D eigenvalue weighted by atomic mass is 10.1. The van der Waals surface area contributed by atoms with Gasteiger partial charge < -0.3 is 0 Å². The Morgan fingerprint density at radius 2 is 2.00 bits per heavy atom. The van der Waals surface area contributed by atoms with Crippen molar-refractivity contribution in [3.63, 3.8) is 0 Å². The second-order valence-corrected chi connectivity index (χ2v) is 2.70. The van der Waals surface area contributed by atoms with Gasteiger partial charge in [0.05, 0.1) is 6.07 Å². The third-order valence-electron chi connectivity index (χ3n) is 1.72. The molecule has 1 aromatic rings. The zero-order chi connectivity index (χ0) is 8.81. The van der Waals surface area contributed by atoms with Crippen LogP contribution in [0.1, 0.15) is 12.0 Å². The number of rotatable bonds is 3. The summed E-state index contributed by atoms with van der Waals surface area (Å²) in [5, 5.41) is 8.46. The van der Waals surface area contributed by atoms with Gasteiger partial charge in [-0.2, -0.15) is 5.26 Å². The van der Waals surface area contributed by atoms with Crippen molar-refractivity contribution in [3.8, 4) is 6.07 Å². The van der Waals surface area contributed by atoms with Crippen LogP contribution >= 0.6 is 0 Å². The Labute approximate surface area is 73.0 Å². The van der Waals surface area contributed by atoms with Gasteiger partial charge in [-0.25, -0.2) is 0 Å². The quantitative estimate of drug-likeness (QED) is 0.619. The van der Waals surface area contributed by atoms with E-state index >= 15 is 0 Å². The summed E-state index contributed by atoms with van der Waals surface area (Å²) < 4.78 is 0. The molecule has 1 nitrogen and oxygen atoms in total. The topological polar surface area (TPSA) is 23.8 Å². The molecule has 12 heavy (non-hydrogen) atoms. The van der Waals surface area contributed by atoms with Gasteiger partial charge in [0.1, 0.15) is 0 Å². The number of nitriles is 1. The van der Waals surface area contributed by atoms with Crippen molar-refractivity contribution >= 4 is 0 Å². The normalized spacial score (nSPS) is 8.92. The summed E-state index contributed by atoms with van der Waals surface area (Å²) in [5.74, 6) is 0. The van der Waals surface area contributed by atoms with Crippen molar-refractivity contribution in [2.24, 2.45) is 0 Å². The standard InChI is InChI=1S/C11H11N/c1-10(9-12)7-8-11-5-3-2-4-6-11/h2-6H,1,7-8H2. The number of nitrogens with zero attached hydrogens (tertiary/aromatic N) is 1. The zero-order valence-electron chi connectivity index (χ0n) is 6.96. The lowest BCUT2D eigenvalue weighted by molar-refractivity contribution is 0.972. The second-order valence-electron chi connectivity index (χ2n) is 2.70. The van der Waals surface area contributed by atoms with Gasteiger partial charge in [-0.15, -0.1) is 0 Å². The maximum atomic E-state index is 8.46. The largest absolute Gasteiger partial charge is 0.193 e.